The molecule has 20 heavy (non-hydrogen) atoms. The van der Waals surface area contributed by atoms with Crippen molar-refractivity contribution in [2.24, 2.45) is 0 Å². The van der Waals surface area contributed by atoms with Crippen LogP contribution < -0.4 is 10.1 Å². The summed E-state index contributed by atoms with van der Waals surface area (Å²) in [5, 5.41) is 3.23. The van der Waals surface area contributed by atoms with Crippen LogP contribution in [0.2, 0.25) is 0 Å². The molecule has 1 fully saturated rings. The Bertz CT molecular complexity index is 461. The Balaban J connectivity index is 1.85. The molecule has 1 N–H and O–H groups in total. The summed E-state index contributed by atoms with van der Waals surface area (Å²) in [4.78, 5) is 0. The van der Waals surface area contributed by atoms with Gasteiger partial charge in [0.15, 0.2) is 5.75 Å². The van der Waals surface area contributed by atoms with Gasteiger partial charge in [-0.15, -0.1) is 0 Å². The molecule has 0 aromatic heterocycles. The first-order valence-electron chi connectivity index (χ1n) is 6.40. The van der Waals surface area contributed by atoms with Gasteiger partial charge in [-0.2, -0.15) is 8.78 Å². The molecule has 0 saturated heterocycles. The molecular weight excluding hydrogens is 281 g/mol. The first-order chi connectivity index (χ1) is 9.52. The third kappa shape index (κ3) is 3.39. The van der Waals surface area contributed by atoms with Crippen LogP contribution in [0.1, 0.15) is 25.7 Å². The van der Waals surface area contributed by atoms with Gasteiger partial charge in [0.05, 0.1) is 6.61 Å². The minimum Gasteiger partial charge on any atom is -0.487 e. The molecule has 0 amide bonds. The van der Waals surface area contributed by atoms with Gasteiger partial charge < -0.3 is 10.1 Å². The van der Waals surface area contributed by atoms with E-state index in [9.17, 15) is 22.0 Å². The lowest BCUT2D eigenvalue weighted by molar-refractivity contribution is 0.256. The number of rotatable bonds is 7. The largest absolute Gasteiger partial charge is 0.487 e. The minimum atomic E-state index is -2.18. The maximum Gasteiger partial charge on any atom is 0.206 e. The van der Waals surface area contributed by atoms with Gasteiger partial charge in [0.1, 0.15) is 0 Å². The zero-order chi connectivity index (χ0) is 14.7. The highest BCUT2D eigenvalue weighted by Crippen LogP contribution is 2.29. The van der Waals surface area contributed by atoms with Crippen molar-refractivity contribution in [3.63, 3.8) is 0 Å². The van der Waals surface area contributed by atoms with Crippen molar-refractivity contribution in [2.45, 2.75) is 31.7 Å². The molecule has 0 spiro atoms. The van der Waals surface area contributed by atoms with Crippen molar-refractivity contribution in [1.82, 2.24) is 5.32 Å². The molecule has 1 saturated carbocycles. The second kappa shape index (κ2) is 6.39. The number of hydrogen-bond acceptors (Lipinski definition) is 2. The molecule has 0 heterocycles. The third-order valence-electron chi connectivity index (χ3n) is 3.00. The van der Waals surface area contributed by atoms with Crippen molar-refractivity contribution in [1.29, 1.82) is 0 Å². The number of nitrogens with one attached hydrogen (secondary N) is 1. The van der Waals surface area contributed by atoms with Crippen LogP contribution in [0.3, 0.4) is 0 Å². The molecule has 1 aliphatic rings. The monoisotopic (exact) mass is 295 g/mol. The molecule has 2 rings (SSSR count). The zero-order valence-corrected chi connectivity index (χ0v) is 10.6. The molecule has 0 atom stereocenters. The van der Waals surface area contributed by atoms with Gasteiger partial charge in [0.25, 0.3) is 0 Å². The molecule has 7 heteroatoms. The van der Waals surface area contributed by atoms with Gasteiger partial charge in [-0.05, 0) is 32.2 Å². The van der Waals surface area contributed by atoms with Crippen LogP contribution in [0.25, 0.3) is 0 Å². The average Bonchev–Trinajstić information content (AvgIpc) is 3.25. The van der Waals surface area contributed by atoms with Gasteiger partial charge in [-0.25, -0.2) is 13.2 Å². The second-order valence-electron chi connectivity index (χ2n) is 4.68. The van der Waals surface area contributed by atoms with E-state index in [1.165, 1.54) is 0 Å². The van der Waals surface area contributed by atoms with Crippen LogP contribution in [0.4, 0.5) is 22.0 Å². The Morgan fingerprint density at radius 2 is 1.40 bits per heavy atom. The van der Waals surface area contributed by atoms with E-state index in [0.717, 1.165) is 19.4 Å². The van der Waals surface area contributed by atoms with E-state index in [1.807, 2.05) is 0 Å². The third-order valence-corrected chi connectivity index (χ3v) is 3.00. The zero-order valence-electron chi connectivity index (χ0n) is 10.6. The van der Waals surface area contributed by atoms with Crippen LogP contribution in [-0.4, -0.2) is 19.2 Å². The molecule has 0 unspecified atom stereocenters. The van der Waals surface area contributed by atoms with Gasteiger partial charge >= 0.3 is 0 Å². The van der Waals surface area contributed by atoms with Gasteiger partial charge in [-0.3, -0.25) is 0 Å². The van der Waals surface area contributed by atoms with E-state index in [-0.39, 0.29) is 6.61 Å². The highest BCUT2D eigenvalue weighted by atomic mass is 19.2. The Hall–Kier alpha value is -1.37. The van der Waals surface area contributed by atoms with Gasteiger partial charge in [0, 0.05) is 6.04 Å². The topological polar surface area (TPSA) is 21.3 Å². The van der Waals surface area contributed by atoms with Crippen molar-refractivity contribution in [2.75, 3.05) is 13.2 Å². The van der Waals surface area contributed by atoms with E-state index in [1.54, 1.807) is 0 Å². The normalized spacial score (nSPS) is 14.7. The fraction of sp³-hybridized carbons (Fsp3) is 0.538. The smallest absolute Gasteiger partial charge is 0.206 e. The highest BCUT2D eigenvalue weighted by molar-refractivity contribution is 5.29. The number of unbranched alkanes of at least 4 members (excludes halogenated alkanes) is 1. The second-order valence-corrected chi connectivity index (χ2v) is 4.68. The number of ether oxygens (including phenoxy) is 1. The molecule has 1 aliphatic carbocycles. The highest BCUT2D eigenvalue weighted by Gasteiger charge is 2.26. The van der Waals surface area contributed by atoms with Gasteiger partial charge in [-0.1, -0.05) is 0 Å². The predicted molar refractivity (Wildman–Crippen MR) is 62.0 cm³/mol. The first kappa shape index (κ1) is 15.0. The quantitative estimate of drug-likeness (QED) is 0.361. The molecule has 0 bridgehead atoms. The molecule has 1 aromatic carbocycles. The van der Waals surface area contributed by atoms with Crippen molar-refractivity contribution in [3.05, 3.63) is 29.1 Å². The standard InChI is InChI=1S/C13H14F5NO/c14-8-9(15)11(17)13(12(18)10(8)16)20-6-2-1-5-19-7-3-4-7/h7,19H,1-6H2. The van der Waals surface area contributed by atoms with E-state index in [2.05, 4.69) is 10.1 Å². The predicted octanol–water partition coefficient (Wildman–Crippen LogP) is 3.29. The van der Waals surface area contributed by atoms with Crippen molar-refractivity contribution >= 4 is 0 Å². The summed E-state index contributed by atoms with van der Waals surface area (Å²) in [7, 11) is 0. The SMILES string of the molecule is Fc1c(F)c(F)c(OCCCCNC2CC2)c(F)c1F. The number of halogens is 5. The molecule has 0 aliphatic heterocycles. The summed E-state index contributed by atoms with van der Waals surface area (Å²) >= 11 is 0. The summed E-state index contributed by atoms with van der Waals surface area (Å²) in [5.74, 6) is -11.2. The fourth-order valence-electron chi connectivity index (χ4n) is 1.71. The van der Waals surface area contributed by atoms with E-state index >= 15 is 0 Å². The van der Waals surface area contributed by atoms with Crippen LogP contribution in [0.5, 0.6) is 5.75 Å². The van der Waals surface area contributed by atoms with Gasteiger partial charge in [0.2, 0.25) is 29.1 Å². The summed E-state index contributed by atoms with van der Waals surface area (Å²) in [6.45, 7) is 0.635. The lowest BCUT2D eigenvalue weighted by atomic mass is 10.2. The van der Waals surface area contributed by atoms with Crippen LogP contribution >= 0.6 is 0 Å². The molecule has 112 valence electrons. The maximum atomic E-state index is 13.2. The van der Waals surface area contributed by atoms with E-state index in [0.29, 0.717) is 18.9 Å². The van der Waals surface area contributed by atoms with Crippen LogP contribution in [-0.2, 0) is 0 Å². The summed E-state index contributed by atoms with van der Waals surface area (Å²) in [6.07, 6.45) is 3.47. The molecule has 2 nitrogen and oxygen atoms in total. The molecule has 0 radical (unpaired) electrons. The van der Waals surface area contributed by atoms with E-state index in [4.69, 9.17) is 0 Å². The van der Waals surface area contributed by atoms with Crippen molar-refractivity contribution in [3.8, 4) is 5.75 Å². The minimum absolute atomic E-state index is 0.106. The van der Waals surface area contributed by atoms with Crippen LogP contribution in [0, 0.1) is 29.1 Å². The summed E-state index contributed by atoms with van der Waals surface area (Å²) in [5.41, 5.74) is 0. The number of benzene rings is 1. The van der Waals surface area contributed by atoms with Crippen molar-refractivity contribution < 1.29 is 26.7 Å². The Morgan fingerprint density at radius 1 is 0.850 bits per heavy atom. The van der Waals surface area contributed by atoms with E-state index < -0.39 is 34.8 Å². The Labute approximate surface area is 112 Å². The molecule has 1 aromatic rings. The number of hydrogen-bond donors (Lipinski definition) is 1. The Morgan fingerprint density at radius 3 is 1.95 bits per heavy atom. The summed E-state index contributed by atoms with van der Waals surface area (Å²) in [6, 6.07) is 0.561. The summed E-state index contributed by atoms with van der Waals surface area (Å²) < 4.78 is 69.7. The first-order valence-corrected chi connectivity index (χ1v) is 6.40. The maximum absolute atomic E-state index is 13.2. The van der Waals surface area contributed by atoms with Crippen LogP contribution in [0.15, 0.2) is 0 Å². The average molecular weight is 295 g/mol. The Kier molecular flexibility index (Phi) is 4.80. The lowest BCUT2D eigenvalue weighted by Gasteiger charge is -2.10. The molecular formula is C13H14F5NO. The fourth-order valence-corrected chi connectivity index (χ4v) is 1.71. The lowest BCUT2D eigenvalue weighted by Crippen LogP contribution is -2.18.